The van der Waals surface area contributed by atoms with Crippen molar-refractivity contribution in [1.29, 1.82) is 0 Å². The van der Waals surface area contributed by atoms with Crippen LogP contribution in [0.4, 0.5) is 0 Å². The quantitative estimate of drug-likeness (QED) is 0.915. The van der Waals surface area contributed by atoms with E-state index in [9.17, 15) is 4.79 Å². The average Bonchev–Trinajstić information content (AvgIpc) is 3.12. The van der Waals surface area contributed by atoms with Crippen molar-refractivity contribution < 1.29 is 9.53 Å². The molecule has 2 saturated heterocycles. The number of likely N-dealkylation sites (tertiary alicyclic amines) is 1. The van der Waals surface area contributed by atoms with E-state index in [1.54, 1.807) is 11.3 Å². The number of piperidine rings is 1. The smallest absolute Gasteiger partial charge is 0.239 e. The number of aromatic nitrogens is 1. The third kappa shape index (κ3) is 3.57. The highest BCUT2D eigenvalue weighted by molar-refractivity contribution is 7.18. The van der Waals surface area contributed by atoms with Gasteiger partial charge in [-0.3, -0.25) is 4.79 Å². The zero-order valence-electron chi connectivity index (χ0n) is 14.4. The third-order valence-electron chi connectivity index (χ3n) is 5.53. The fraction of sp³-hybridized carbons (Fsp3) is 0.579. The second kappa shape index (κ2) is 7.40. The maximum atomic E-state index is 12.7. The standard InChI is InChI=1S/C19H25N3O2S/c20-17(13-7-11-24-12-8-13)19(23)22-9-5-14(6-10-22)18-21-15-3-1-2-4-16(15)25-18/h1-4,13-14,17H,5-12,20H2. The topological polar surface area (TPSA) is 68.5 Å². The number of rotatable bonds is 3. The SMILES string of the molecule is NC(C(=O)N1CCC(c2nc3ccccc3s2)CC1)C1CCOCC1. The Hall–Kier alpha value is -1.50. The van der Waals surface area contributed by atoms with Crippen LogP contribution in [0.15, 0.2) is 24.3 Å². The number of nitrogens with two attached hydrogens (primary N) is 1. The number of nitrogens with zero attached hydrogens (tertiary/aromatic N) is 2. The average molecular weight is 359 g/mol. The number of carbonyl (C=O) groups is 1. The summed E-state index contributed by atoms with van der Waals surface area (Å²) in [5.74, 6) is 0.846. The largest absolute Gasteiger partial charge is 0.381 e. The Morgan fingerprint density at radius 3 is 2.64 bits per heavy atom. The number of hydrogen-bond acceptors (Lipinski definition) is 5. The summed E-state index contributed by atoms with van der Waals surface area (Å²) in [5.41, 5.74) is 7.35. The van der Waals surface area contributed by atoms with Gasteiger partial charge in [0.2, 0.25) is 5.91 Å². The van der Waals surface area contributed by atoms with Crippen LogP contribution >= 0.6 is 11.3 Å². The third-order valence-corrected chi connectivity index (χ3v) is 6.72. The summed E-state index contributed by atoms with van der Waals surface area (Å²) < 4.78 is 6.62. The van der Waals surface area contributed by atoms with Crippen molar-refractivity contribution in [3.63, 3.8) is 0 Å². The summed E-state index contributed by atoms with van der Waals surface area (Å²) in [5, 5.41) is 1.21. The Morgan fingerprint density at radius 1 is 1.20 bits per heavy atom. The first-order chi connectivity index (χ1) is 12.2. The molecule has 134 valence electrons. The molecule has 2 aromatic rings. The first-order valence-corrected chi connectivity index (χ1v) is 10.0. The monoisotopic (exact) mass is 359 g/mol. The summed E-state index contributed by atoms with van der Waals surface area (Å²) in [6, 6.07) is 7.92. The van der Waals surface area contributed by atoms with Gasteiger partial charge >= 0.3 is 0 Å². The molecule has 1 unspecified atom stereocenters. The molecule has 3 heterocycles. The van der Waals surface area contributed by atoms with E-state index in [-0.39, 0.29) is 17.9 Å². The predicted molar refractivity (Wildman–Crippen MR) is 99.7 cm³/mol. The lowest BCUT2D eigenvalue weighted by Crippen LogP contribution is -2.51. The molecule has 0 radical (unpaired) electrons. The first-order valence-electron chi connectivity index (χ1n) is 9.20. The summed E-state index contributed by atoms with van der Waals surface area (Å²) in [4.78, 5) is 19.5. The molecule has 4 rings (SSSR count). The fourth-order valence-corrected chi connectivity index (χ4v) is 5.04. The number of fused-ring (bicyclic) bond motifs is 1. The molecule has 2 aliphatic rings. The van der Waals surface area contributed by atoms with E-state index in [4.69, 9.17) is 15.5 Å². The Kier molecular flexibility index (Phi) is 5.01. The van der Waals surface area contributed by atoms with E-state index in [0.29, 0.717) is 5.92 Å². The number of carbonyl (C=O) groups excluding carboxylic acids is 1. The van der Waals surface area contributed by atoms with Crippen LogP contribution in [0.1, 0.15) is 36.6 Å². The normalized spacial score (nSPS) is 21.6. The van der Waals surface area contributed by atoms with Crippen molar-refractivity contribution in [1.82, 2.24) is 9.88 Å². The molecule has 0 saturated carbocycles. The molecule has 1 amide bonds. The van der Waals surface area contributed by atoms with Gasteiger partial charge in [-0.1, -0.05) is 12.1 Å². The maximum Gasteiger partial charge on any atom is 0.239 e. The van der Waals surface area contributed by atoms with Crippen molar-refractivity contribution in [2.24, 2.45) is 11.7 Å². The molecule has 1 aromatic heterocycles. The Morgan fingerprint density at radius 2 is 1.92 bits per heavy atom. The Labute approximate surface area is 152 Å². The highest BCUT2D eigenvalue weighted by Crippen LogP contribution is 2.34. The second-order valence-corrected chi connectivity index (χ2v) is 8.16. The first kappa shape index (κ1) is 16.9. The number of hydrogen-bond donors (Lipinski definition) is 1. The predicted octanol–water partition coefficient (Wildman–Crippen LogP) is 2.76. The van der Waals surface area contributed by atoms with Crippen molar-refractivity contribution in [3.05, 3.63) is 29.3 Å². The molecular weight excluding hydrogens is 334 g/mol. The number of para-hydroxylation sites is 1. The molecule has 5 nitrogen and oxygen atoms in total. The van der Waals surface area contributed by atoms with Crippen molar-refractivity contribution >= 4 is 27.5 Å². The molecule has 1 atom stereocenters. The minimum absolute atomic E-state index is 0.120. The minimum atomic E-state index is -0.372. The van der Waals surface area contributed by atoms with E-state index in [0.717, 1.165) is 57.5 Å². The van der Waals surface area contributed by atoms with Gasteiger partial charge in [-0.05, 0) is 43.7 Å². The van der Waals surface area contributed by atoms with E-state index in [2.05, 4.69) is 18.2 Å². The van der Waals surface area contributed by atoms with Gasteiger partial charge in [0.05, 0.1) is 21.3 Å². The minimum Gasteiger partial charge on any atom is -0.381 e. The summed E-state index contributed by atoms with van der Waals surface area (Å²) in [6.07, 6.45) is 3.75. The van der Waals surface area contributed by atoms with Gasteiger partial charge < -0.3 is 15.4 Å². The zero-order chi connectivity index (χ0) is 17.2. The lowest BCUT2D eigenvalue weighted by Gasteiger charge is -2.35. The fourth-order valence-electron chi connectivity index (χ4n) is 3.90. The van der Waals surface area contributed by atoms with Crippen LogP contribution in [0.2, 0.25) is 0 Å². The molecule has 0 bridgehead atoms. The highest BCUT2D eigenvalue weighted by Gasteiger charge is 2.32. The van der Waals surface area contributed by atoms with Gasteiger partial charge in [0, 0.05) is 32.2 Å². The van der Waals surface area contributed by atoms with Gasteiger partial charge in [-0.25, -0.2) is 4.98 Å². The van der Waals surface area contributed by atoms with Crippen LogP contribution in [-0.2, 0) is 9.53 Å². The van der Waals surface area contributed by atoms with Gasteiger partial charge in [-0.15, -0.1) is 11.3 Å². The summed E-state index contributed by atoms with van der Waals surface area (Å²) in [7, 11) is 0. The number of ether oxygens (including phenoxy) is 1. The molecular formula is C19H25N3O2S. The number of amides is 1. The molecule has 25 heavy (non-hydrogen) atoms. The van der Waals surface area contributed by atoms with Crippen LogP contribution in [0.3, 0.4) is 0 Å². The van der Waals surface area contributed by atoms with Crippen LogP contribution in [0.5, 0.6) is 0 Å². The molecule has 0 spiro atoms. The van der Waals surface area contributed by atoms with Crippen LogP contribution < -0.4 is 5.73 Å². The molecule has 2 N–H and O–H groups in total. The van der Waals surface area contributed by atoms with E-state index >= 15 is 0 Å². The lowest BCUT2D eigenvalue weighted by molar-refractivity contribution is -0.135. The maximum absolute atomic E-state index is 12.7. The summed E-state index contributed by atoms with van der Waals surface area (Å²) >= 11 is 1.79. The van der Waals surface area contributed by atoms with Crippen LogP contribution in [0, 0.1) is 5.92 Å². The van der Waals surface area contributed by atoms with E-state index in [1.165, 1.54) is 9.71 Å². The Balaban J connectivity index is 1.36. The lowest BCUT2D eigenvalue weighted by atomic mass is 9.90. The summed E-state index contributed by atoms with van der Waals surface area (Å²) in [6.45, 7) is 3.03. The van der Waals surface area contributed by atoms with Crippen LogP contribution in [0.25, 0.3) is 10.2 Å². The van der Waals surface area contributed by atoms with E-state index in [1.807, 2.05) is 11.0 Å². The van der Waals surface area contributed by atoms with Gasteiger partial charge in [0.15, 0.2) is 0 Å². The molecule has 2 fully saturated rings. The number of benzene rings is 1. The molecule has 6 heteroatoms. The van der Waals surface area contributed by atoms with Gasteiger partial charge in [0.25, 0.3) is 0 Å². The van der Waals surface area contributed by atoms with Gasteiger partial charge in [-0.2, -0.15) is 0 Å². The highest BCUT2D eigenvalue weighted by atomic mass is 32.1. The van der Waals surface area contributed by atoms with E-state index < -0.39 is 0 Å². The van der Waals surface area contributed by atoms with Crippen LogP contribution in [-0.4, -0.2) is 48.1 Å². The van der Waals surface area contributed by atoms with Crippen molar-refractivity contribution in [2.45, 2.75) is 37.6 Å². The molecule has 1 aromatic carbocycles. The second-order valence-electron chi connectivity index (χ2n) is 7.09. The number of thiazole rings is 1. The van der Waals surface area contributed by atoms with Crippen molar-refractivity contribution in [3.8, 4) is 0 Å². The Bertz CT molecular complexity index is 700. The molecule has 0 aliphatic carbocycles. The van der Waals surface area contributed by atoms with Gasteiger partial charge in [0.1, 0.15) is 0 Å². The zero-order valence-corrected chi connectivity index (χ0v) is 15.2. The molecule has 2 aliphatic heterocycles. The van der Waals surface area contributed by atoms with Crippen molar-refractivity contribution in [2.75, 3.05) is 26.3 Å².